The lowest BCUT2D eigenvalue weighted by molar-refractivity contribution is -0.127. The molecule has 0 aromatic carbocycles. The number of aryl methyl sites for hydroxylation is 1. The molecule has 0 spiro atoms. The van der Waals surface area contributed by atoms with Gasteiger partial charge in [0, 0.05) is 37.1 Å². The monoisotopic (exact) mass is 414 g/mol. The lowest BCUT2D eigenvalue weighted by Crippen LogP contribution is -2.47. The first kappa shape index (κ1) is 23.5. The van der Waals surface area contributed by atoms with Gasteiger partial charge in [-0.3, -0.25) is 4.79 Å². The van der Waals surface area contributed by atoms with Crippen LogP contribution in [-0.4, -0.2) is 46.2 Å². The molecule has 1 saturated heterocycles. The van der Waals surface area contributed by atoms with Crippen LogP contribution in [0.4, 0.5) is 4.79 Å². The van der Waals surface area contributed by atoms with Crippen LogP contribution in [0.2, 0.25) is 0 Å². The summed E-state index contributed by atoms with van der Waals surface area (Å²) < 4.78 is 7.50. The van der Waals surface area contributed by atoms with Crippen LogP contribution < -0.4 is 5.32 Å². The zero-order valence-corrected chi connectivity index (χ0v) is 19.0. The van der Waals surface area contributed by atoms with Crippen molar-refractivity contribution in [1.29, 1.82) is 5.26 Å². The lowest BCUT2D eigenvalue weighted by atomic mass is 10.0. The molecule has 2 heterocycles. The lowest BCUT2D eigenvalue weighted by Gasteiger charge is -2.32. The third-order valence-corrected chi connectivity index (χ3v) is 5.21. The number of nitrogens with zero attached hydrogens (tertiary/aromatic N) is 3. The summed E-state index contributed by atoms with van der Waals surface area (Å²) in [5, 5.41) is 12.5. The topological polar surface area (TPSA) is 87.4 Å². The van der Waals surface area contributed by atoms with Crippen LogP contribution >= 0.6 is 0 Å². The van der Waals surface area contributed by atoms with Gasteiger partial charge >= 0.3 is 6.09 Å². The van der Waals surface area contributed by atoms with Crippen LogP contribution in [0.15, 0.2) is 11.6 Å². The van der Waals surface area contributed by atoms with E-state index in [0.717, 1.165) is 29.9 Å². The van der Waals surface area contributed by atoms with E-state index in [1.54, 1.807) is 11.0 Å². The maximum absolute atomic E-state index is 12.9. The second kappa shape index (κ2) is 9.84. The molecule has 7 nitrogen and oxygen atoms in total. The van der Waals surface area contributed by atoms with E-state index >= 15 is 0 Å². The minimum atomic E-state index is -0.542. The molecule has 1 aliphatic rings. The van der Waals surface area contributed by atoms with Gasteiger partial charge in [0.2, 0.25) is 0 Å². The van der Waals surface area contributed by atoms with Crippen molar-refractivity contribution >= 4 is 18.1 Å². The zero-order chi connectivity index (χ0) is 22.5. The van der Waals surface area contributed by atoms with E-state index < -0.39 is 11.7 Å². The SMILES string of the molecule is CCCn1c(C)cc(/C=C(\C#N)C(=O)N2CCC(NC(=O)OC(C)(C)C)CC2)c1C. The van der Waals surface area contributed by atoms with Crippen LogP contribution in [0.3, 0.4) is 0 Å². The highest BCUT2D eigenvalue weighted by molar-refractivity contribution is 6.01. The average molecular weight is 415 g/mol. The van der Waals surface area contributed by atoms with Crippen molar-refractivity contribution in [1.82, 2.24) is 14.8 Å². The number of carbonyl (C=O) groups excluding carboxylic acids is 2. The first-order valence-corrected chi connectivity index (χ1v) is 10.6. The van der Waals surface area contributed by atoms with Gasteiger partial charge in [-0.1, -0.05) is 6.92 Å². The fourth-order valence-electron chi connectivity index (χ4n) is 3.71. The van der Waals surface area contributed by atoms with Crippen molar-refractivity contribution in [2.24, 2.45) is 0 Å². The fourth-order valence-corrected chi connectivity index (χ4v) is 3.71. The minimum Gasteiger partial charge on any atom is -0.444 e. The van der Waals surface area contributed by atoms with Crippen molar-refractivity contribution in [3.8, 4) is 6.07 Å². The molecule has 30 heavy (non-hydrogen) atoms. The predicted octanol–water partition coefficient (Wildman–Crippen LogP) is 3.94. The zero-order valence-electron chi connectivity index (χ0n) is 19.0. The number of likely N-dealkylation sites (tertiary alicyclic amines) is 1. The van der Waals surface area contributed by atoms with E-state index in [0.29, 0.717) is 25.9 Å². The summed E-state index contributed by atoms with van der Waals surface area (Å²) in [6.07, 6.45) is 3.55. The van der Waals surface area contributed by atoms with Crippen LogP contribution in [0.25, 0.3) is 6.08 Å². The van der Waals surface area contributed by atoms with E-state index in [1.807, 2.05) is 40.7 Å². The summed E-state index contributed by atoms with van der Waals surface area (Å²) >= 11 is 0. The Morgan fingerprint density at radius 2 is 1.93 bits per heavy atom. The Balaban J connectivity index is 2.01. The Hall–Kier alpha value is -2.75. The molecule has 1 aliphatic heterocycles. The predicted molar refractivity (Wildman–Crippen MR) is 117 cm³/mol. The summed E-state index contributed by atoms with van der Waals surface area (Å²) in [6, 6.07) is 4.06. The highest BCUT2D eigenvalue weighted by Crippen LogP contribution is 2.21. The smallest absolute Gasteiger partial charge is 0.407 e. The summed E-state index contributed by atoms with van der Waals surface area (Å²) in [5.41, 5.74) is 2.70. The number of aromatic nitrogens is 1. The molecule has 0 unspecified atom stereocenters. The Kier molecular flexibility index (Phi) is 7.71. The number of hydrogen-bond donors (Lipinski definition) is 1. The first-order chi connectivity index (χ1) is 14.1. The molecule has 0 aliphatic carbocycles. The largest absolute Gasteiger partial charge is 0.444 e. The highest BCUT2D eigenvalue weighted by Gasteiger charge is 2.27. The first-order valence-electron chi connectivity index (χ1n) is 10.6. The fraction of sp³-hybridized carbons (Fsp3) is 0.609. The third-order valence-electron chi connectivity index (χ3n) is 5.21. The summed E-state index contributed by atoms with van der Waals surface area (Å²) in [6.45, 7) is 13.5. The van der Waals surface area contributed by atoms with Crippen LogP contribution in [-0.2, 0) is 16.1 Å². The molecule has 2 rings (SSSR count). The van der Waals surface area contributed by atoms with Gasteiger partial charge in [-0.25, -0.2) is 4.79 Å². The van der Waals surface area contributed by atoms with Gasteiger partial charge in [-0.15, -0.1) is 0 Å². The van der Waals surface area contributed by atoms with Gasteiger partial charge < -0.3 is 19.5 Å². The normalized spacial score (nSPS) is 15.6. The maximum atomic E-state index is 12.9. The number of carbonyl (C=O) groups is 2. The van der Waals surface area contributed by atoms with Crippen molar-refractivity contribution in [2.45, 2.75) is 79.0 Å². The van der Waals surface area contributed by atoms with Gasteiger partial charge in [0.05, 0.1) is 0 Å². The molecule has 0 radical (unpaired) electrons. The molecule has 1 N–H and O–H groups in total. The van der Waals surface area contributed by atoms with E-state index in [-0.39, 0.29) is 17.5 Å². The molecule has 0 atom stereocenters. The van der Waals surface area contributed by atoms with E-state index in [4.69, 9.17) is 4.74 Å². The Bertz CT molecular complexity index is 847. The number of hydrogen-bond acceptors (Lipinski definition) is 4. The van der Waals surface area contributed by atoms with Gasteiger partial charge in [-0.2, -0.15) is 5.26 Å². The number of amides is 2. The quantitative estimate of drug-likeness (QED) is 0.584. The number of rotatable bonds is 5. The Morgan fingerprint density at radius 3 is 2.47 bits per heavy atom. The van der Waals surface area contributed by atoms with Gasteiger partial charge in [0.15, 0.2) is 0 Å². The average Bonchev–Trinajstić information content (AvgIpc) is 2.92. The third kappa shape index (κ3) is 6.12. The second-order valence-corrected chi connectivity index (χ2v) is 8.86. The van der Waals surface area contributed by atoms with E-state index in [9.17, 15) is 14.9 Å². The second-order valence-electron chi connectivity index (χ2n) is 8.86. The molecular formula is C23H34N4O3. The van der Waals surface area contributed by atoms with Crippen molar-refractivity contribution < 1.29 is 14.3 Å². The van der Waals surface area contributed by atoms with Gasteiger partial charge in [0.1, 0.15) is 17.2 Å². The highest BCUT2D eigenvalue weighted by atomic mass is 16.6. The Morgan fingerprint density at radius 1 is 1.30 bits per heavy atom. The number of piperidine rings is 1. The molecule has 0 saturated carbocycles. The molecule has 164 valence electrons. The summed E-state index contributed by atoms with van der Waals surface area (Å²) in [4.78, 5) is 26.5. The molecule has 0 bridgehead atoms. The van der Waals surface area contributed by atoms with Crippen LogP contribution in [0.1, 0.15) is 63.9 Å². The number of ether oxygens (including phenoxy) is 1. The van der Waals surface area contributed by atoms with E-state index in [1.165, 1.54) is 0 Å². The summed E-state index contributed by atoms with van der Waals surface area (Å²) in [7, 11) is 0. The molecule has 7 heteroatoms. The maximum Gasteiger partial charge on any atom is 0.407 e. The van der Waals surface area contributed by atoms with Crippen molar-refractivity contribution in [2.75, 3.05) is 13.1 Å². The molecular weight excluding hydrogens is 380 g/mol. The van der Waals surface area contributed by atoms with Crippen LogP contribution in [0.5, 0.6) is 0 Å². The number of nitriles is 1. The van der Waals surface area contributed by atoms with Crippen molar-refractivity contribution in [3.05, 3.63) is 28.6 Å². The molecule has 1 aromatic rings. The molecule has 2 amide bonds. The summed E-state index contributed by atoms with van der Waals surface area (Å²) in [5.74, 6) is -0.256. The number of alkyl carbamates (subject to hydrolysis) is 1. The van der Waals surface area contributed by atoms with Crippen LogP contribution in [0, 0.1) is 25.2 Å². The van der Waals surface area contributed by atoms with Crippen molar-refractivity contribution in [3.63, 3.8) is 0 Å². The molecule has 1 fully saturated rings. The minimum absolute atomic E-state index is 0.0358. The van der Waals surface area contributed by atoms with Gasteiger partial charge in [-0.05, 0) is 71.6 Å². The standard InChI is InChI=1S/C23H34N4O3/c1-7-10-27-16(2)13-18(17(27)3)14-19(15-24)21(28)26-11-8-20(9-12-26)25-22(29)30-23(4,5)6/h13-14,20H,7-12H2,1-6H3,(H,25,29)/b19-14+. The van der Waals surface area contributed by atoms with E-state index in [2.05, 4.69) is 22.9 Å². The molecule has 1 aromatic heterocycles. The van der Waals surface area contributed by atoms with Gasteiger partial charge in [0.25, 0.3) is 5.91 Å². The Labute approximate surface area is 179 Å². The number of nitrogens with one attached hydrogen (secondary N) is 1.